The van der Waals surface area contributed by atoms with Crippen molar-refractivity contribution in [3.05, 3.63) is 128 Å². The van der Waals surface area contributed by atoms with Gasteiger partial charge in [0.1, 0.15) is 0 Å². The van der Waals surface area contributed by atoms with Gasteiger partial charge in [-0.1, -0.05) is 69.2 Å². The SMILES string of the molecule is Cc1cc2[c-]c(c1)C(C)(C)c1cc(C)cc(n1)C(C)(C)c1[c-]c(cc(C)c1)C(C)(C)c1cc(C)cc(n1)C2(C)C.[Pt+2]. The number of benzene rings is 2. The van der Waals surface area contributed by atoms with Gasteiger partial charge in [0, 0.05) is 44.4 Å². The third-order valence-electron chi connectivity index (χ3n) is 9.22. The van der Waals surface area contributed by atoms with Gasteiger partial charge in [0.15, 0.2) is 0 Å². The Labute approximate surface area is 262 Å². The minimum atomic E-state index is -0.334. The van der Waals surface area contributed by atoms with Crippen LogP contribution in [-0.4, -0.2) is 9.97 Å². The first-order chi connectivity index (χ1) is 18.4. The van der Waals surface area contributed by atoms with Gasteiger partial charge in [-0.15, -0.1) is 0 Å². The van der Waals surface area contributed by atoms with Crippen LogP contribution in [0.25, 0.3) is 0 Å². The molecular weight excluding hydrogens is 680 g/mol. The molecule has 0 unspecified atom stereocenters. The largest absolute Gasteiger partial charge is 2.00 e. The van der Waals surface area contributed by atoms with Crippen LogP contribution in [0.15, 0.2) is 48.5 Å². The van der Waals surface area contributed by atoms with Crippen molar-refractivity contribution in [2.75, 3.05) is 0 Å². The van der Waals surface area contributed by atoms with E-state index in [-0.39, 0.29) is 42.7 Å². The Morgan fingerprint density at radius 1 is 0.390 bits per heavy atom. The molecule has 0 amide bonds. The molecule has 216 valence electrons. The number of aromatic nitrogens is 2. The number of aryl methyl sites for hydroxylation is 4. The monoisotopic (exact) mass is 723 g/mol. The maximum absolute atomic E-state index is 5.39. The molecule has 3 heteroatoms. The van der Waals surface area contributed by atoms with Crippen LogP contribution in [-0.2, 0) is 42.7 Å². The van der Waals surface area contributed by atoms with Gasteiger partial charge in [-0.25, -0.2) is 0 Å². The molecule has 0 atom stereocenters. The number of hydrogen-bond donors (Lipinski definition) is 0. The van der Waals surface area contributed by atoms with Gasteiger partial charge < -0.3 is 0 Å². The molecule has 2 aromatic carbocycles. The van der Waals surface area contributed by atoms with Crippen LogP contribution in [0, 0.1) is 39.8 Å². The summed E-state index contributed by atoms with van der Waals surface area (Å²) < 4.78 is 0. The summed E-state index contributed by atoms with van der Waals surface area (Å²) in [4.78, 5) is 10.8. The standard InChI is InChI=1S/C38H44N2.Pt/c1-23-13-27-21-28(14-23)36(7,8)32-18-26(4)20-34(40-32)38(11,12)30-16-24(2)15-29(22-30)37(9,10)33-19-25(3)17-31(39-33)35(27,5)6;/h13-20H,1-12H3;/q-2;+2. The molecule has 1 aliphatic heterocycles. The smallest absolute Gasteiger partial charge is 0.256 e. The molecule has 0 aliphatic carbocycles. The molecule has 1 aliphatic rings. The van der Waals surface area contributed by atoms with E-state index < -0.39 is 0 Å². The number of rotatable bonds is 0. The van der Waals surface area contributed by atoms with E-state index in [1.165, 1.54) is 22.3 Å². The predicted molar refractivity (Wildman–Crippen MR) is 166 cm³/mol. The normalized spacial score (nSPS) is 17.9. The Bertz CT molecular complexity index is 1300. The summed E-state index contributed by atoms with van der Waals surface area (Å²) in [5, 5.41) is 0. The third-order valence-corrected chi connectivity index (χ3v) is 9.22. The Morgan fingerprint density at radius 2 is 0.585 bits per heavy atom. The number of pyridine rings is 2. The molecule has 8 bridgehead atoms. The molecule has 0 radical (unpaired) electrons. The predicted octanol–water partition coefficient (Wildman–Crippen LogP) is 8.93. The van der Waals surface area contributed by atoms with E-state index in [1.54, 1.807) is 0 Å². The van der Waals surface area contributed by atoms with Gasteiger partial charge in [0.25, 0.3) is 0 Å². The van der Waals surface area contributed by atoms with Gasteiger partial charge in [0.05, 0.1) is 0 Å². The first kappa shape index (κ1) is 31.4. The van der Waals surface area contributed by atoms with E-state index >= 15 is 0 Å². The zero-order chi connectivity index (χ0) is 29.4. The van der Waals surface area contributed by atoms with Crippen LogP contribution >= 0.6 is 0 Å². The topological polar surface area (TPSA) is 25.8 Å². The molecule has 5 rings (SSSR count). The summed E-state index contributed by atoms with van der Waals surface area (Å²) in [5.41, 5.74) is 12.5. The van der Waals surface area contributed by atoms with E-state index in [1.807, 2.05) is 0 Å². The maximum atomic E-state index is 5.39. The van der Waals surface area contributed by atoms with Crippen molar-refractivity contribution in [3.63, 3.8) is 0 Å². The molecule has 0 saturated carbocycles. The quantitative estimate of drug-likeness (QED) is 0.170. The molecule has 41 heavy (non-hydrogen) atoms. The van der Waals surface area contributed by atoms with Crippen LogP contribution in [0.1, 0.15) is 123 Å². The van der Waals surface area contributed by atoms with Gasteiger partial charge in [-0.3, -0.25) is 9.97 Å². The average Bonchev–Trinajstić information content (AvgIpc) is 2.86. The molecular formula is C38H44N2Pt. The first-order valence-electron chi connectivity index (χ1n) is 14.5. The molecule has 0 spiro atoms. The molecule has 3 heterocycles. The number of hydrogen-bond acceptors (Lipinski definition) is 2. The van der Waals surface area contributed by atoms with Gasteiger partial charge >= 0.3 is 21.1 Å². The Morgan fingerprint density at radius 3 is 0.805 bits per heavy atom. The van der Waals surface area contributed by atoms with Crippen molar-refractivity contribution in [1.82, 2.24) is 9.97 Å². The fraction of sp³-hybridized carbons (Fsp3) is 0.421. The summed E-state index contributed by atoms with van der Waals surface area (Å²) >= 11 is 0. The molecule has 4 aromatic rings. The summed E-state index contributed by atoms with van der Waals surface area (Å²) in [6.45, 7) is 27.0. The third kappa shape index (κ3) is 5.38. The van der Waals surface area contributed by atoms with Gasteiger partial charge in [-0.05, 0) is 49.2 Å². The molecule has 2 aromatic heterocycles. The fourth-order valence-electron chi connectivity index (χ4n) is 5.94. The fourth-order valence-corrected chi connectivity index (χ4v) is 5.94. The first-order valence-corrected chi connectivity index (χ1v) is 14.5. The van der Waals surface area contributed by atoms with Crippen molar-refractivity contribution in [1.29, 1.82) is 0 Å². The summed E-state index contributed by atoms with van der Waals surface area (Å²) in [5.74, 6) is 0. The molecule has 2 nitrogen and oxygen atoms in total. The van der Waals surface area contributed by atoms with Crippen LogP contribution in [0.3, 0.4) is 0 Å². The van der Waals surface area contributed by atoms with E-state index in [0.717, 1.165) is 45.0 Å². The second kappa shape index (κ2) is 10.3. The Balaban J connectivity index is 0.00000387. The van der Waals surface area contributed by atoms with Crippen molar-refractivity contribution in [2.24, 2.45) is 0 Å². The van der Waals surface area contributed by atoms with Crippen molar-refractivity contribution >= 4 is 0 Å². The van der Waals surface area contributed by atoms with Gasteiger partial charge in [-0.2, -0.15) is 69.8 Å². The Kier molecular flexibility index (Phi) is 7.88. The van der Waals surface area contributed by atoms with Gasteiger partial charge in [0.2, 0.25) is 0 Å². The van der Waals surface area contributed by atoms with E-state index in [9.17, 15) is 0 Å². The minimum Gasteiger partial charge on any atom is -0.256 e. The van der Waals surface area contributed by atoms with Crippen molar-refractivity contribution < 1.29 is 21.1 Å². The Hall–Kier alpha value is -2.57. The van der Waals surface area contributed by atoms with E-state index in [4.69, 9.17) is 9.97 Å². The minimum absolute atomic E-state index is 0. The average molecular weight is 724 g/mol. The maximum Gasteiger partial charge on any atom is 2.00 e. The zero-order valence-electron chi connectivity index (χ0n) is 26.8. The second-order valence-electron chi connectivity index (χ2n) is 14.3. The van der Waals surface area contributed by atoms with Crippen molar-refractivity contribution in [2.45, 2.75) is 105 Å². The number of fused-ring (bicyclic) bond motifs is 8. The molecule has 0 saturated heterocycles. The van der Waals surface area contributed by atoms with Crippen LogP contribution in [0.5, 0.6) is 0 Å². The van der Waals surface area contributed by atoms with Crippen LogP contribution < -0.4 is 0 Å². The number of nitrogens with zero attached hydrogens (tertiary/aromatic N) is 2. The summed E-state index contributed by atoms with van der Waals surface area (Å²) in [7, 11) is 0. The summed E-state index contributed by atoms with van der Waals surface area (Å²) in [6, 6.07) is 25.8. The second-order valence-corrected chi connectivity index (χ2v) is 14.3. The van der Waals surface area contributed by atoms with E-state index in [0.29, 0.717) is 0 Å². The van der Waals surface area contributed by atoms with Crippen LogP contribution in [0.2, 0.25) is 0 Å². The summed E-state index contributed by atoms with van der Waals surface area (Å²) in [6.07, 6.45) is 0. The van der Waals surface area contributed by atoms with E-state index in [2.05, 4.69) is 144 Å². The molecule has 0 fully saturated rings. The van der Waals surface area contributed by atoms with Crippen molar-refractivity contribution in [3.8, 4) is 0 Å². The molecule has 0 N–H and O–H groups in total. The zero-order valence-corrected chi connectivity index (χ0v) is 29.1. The van der Waals surface area contributed by atoms with Crippen LogP contribution in [0.4, 0.5) is 0 Å².